The molecule has 0 radical (unpaired) electrons. The van der Waals surface area contributed by atoms with E-state index in [0.717, 1.165) is 38.4 Å². The Kier molecular flexibility index (Phi) is 7.79. The first-order chi connectivity index (χ1) is 10.6. The number of hydrogen-bond acceptors (Lipinski definition) is 7. The van der Waals surface area contributed by atoms with Gasteiger partial charge in [-0.15, -0.1) is 0 Å². The first kappa shape index (κ1) is 17.8. The summed E-state index contributed by atoms with van der Waals surface area (Å²) in [6, 6.07) is 3.58. The minimum Gasteiger partial charge on any atom is -0.379 e. The second-order valence-corrected chi connectivity index (χ2v) is 4.74. The fourth-order valence-corrected chi connectivity index (χ4v) is 1.89. The van der Waals surface area contributed by atoms with Crippen LogP contribution in [0.5, 0.6) is 0 Å². The van der Waals surface area contributed by atoms with Crippen molar-refractivity contribution in [2.24, 2.45) is 5.73 Å². The standard InChI is InChI=1S/C13H21N5O4/c14-6-1-2-7-15-8-3-9-16-12-5-4-11(17(19)20)10-13(12)18(21)22/h4-5,10,15-16H,1-3,6-9,14H2. The number of non-ortho nitro benzene ring substituents is 1. The second kappa shape index (κ2) is 9.64. The molecule has 0 aliphatic rings. The van der Waals surface area contributed by atoms with E-state index in [9.17, 15) is 20.2 Å². The average molecular weight is 311 g/mol. The highest BCUT2D eigenvalue weighted by molar-refractivity contribution is 5.65. The Morgan fingerprint density at radius 3 is 2.36 bits per heavy atom. The summed E-state index contributed by atoms with van der Waals surface area (Å²) in [5.41, 5.74) is 5.10. The first-order valence-corrected chi connectivity index (χ1v) is 7.13. The van der Waals surface area contributed by atoms with Gasteiger partial charge in [-0.3, -0.25) is 20.2 Å². The molecular weight excluding hydrogens is 290 g/mol. The number of nitro groups is 2. The van der Waals surface area contributed by atoms with Crippen LogP contribution >= 0.6 is 0 Å². The lowest BCUT2D eigenvalue weighted by atomic mass is 10.2. The van der Waals surface area contributed by atoms with E-state index < -0.39 is 9.85 Å². The third kappa shape index (κ3) is 6.02. The normalized spacial score (nSPS) is 10.4. The van der Waals surface area contributed by atoms with Crippen LogP contribution in [0.15, 0.2) is 18.2 Å². The van der Waals surface area contributed by atoms with Gasteiger partial charge in [0.2, 0.25) is 0 Å². The summed E-state index contributed by atoms with van der Waals surface area (Å²) < 4.78 is 0. The predicted molar refractivity (Wildman–Crippen MR) is 84.0 cm³/mol. The average Bonchev–Trinajstić information content (AvgIpc) is 2.49. The van der Waals surface area contributed by atoms with Gasteiger partial charge in [0.05, 0.1) is 15.9 Å². The minimum atomic E-state index is -0.651. The summed E-state index contributed by atoms with van der Waals surface area (Å²) in [5, 5.41) is 27.8. The van der Waals surface area contributed by atoms with Crippen LogP contribution < -0.4 is 16.4 Å². The molecule has 0 spiro atoms. The molecule has 0 heterocycles. The van der Waals surface area contributed by atoms with Crippen molar-refractivity contribution >= 4 is 17.1 Å². The molecule has 0 bridgehead atoms. The van der Waals surface area contributed by atoms with Gasteiger partial charge in [0.1, 0.15) is 5.69 Å². The summed E-state index contributed by atoms with van der Waals surface area (Å²) in [6.45, 7) is 2.92. The van der Waals surface area contributed by atoms with E-state index in [0.29, 0.717) is 18.8 Å². The van der Waals surface area contributed by atoms with Crippen molar-refractivity contribution < 1.29 is 9.85 Å². The lowest BCUT2D eigenvalue weighted by molar-refractivity contribution is -0.393. The van der Waals surface area contributed by atoms with Gasteiger partial charge in [0, 0.05) is 12.6 Å². The van der Waals surface area contributed by atoms with Gasteiger partial charge in [0.15, 0.2) is 0 Å². The second-order valence-electron chi connectivity index (χ2n) is 4.74. The zero-order chi connectivity index (χ0) is 16.4. The fraction of sp³-hybridized carbons (Fsp3) is 0.538. The van der Waals surface area contributed by atoms with E-state index in [4.69, 9.17) is 5.73 Å². The molecule has 0 aromatic heterocycles. The van der Waals surface area contributed by atoms with Gasteiger partial charge in [-0.1, -0.05) is 0 Å². The van der Waals surface area contributed by atoms with Crippen molar-refractivity contribution in [1.82, 2.24) is 5.32 Å². The van der Waals surface area contributed by atoms with Crippen LogP contribution in [0.25, 0.3) is 0 Å². The largest absolute Gasteiger partial charge is 0.379 e. The van der Waals surface area contributed by atoms with Crippen molar-refractivity contribution in [3.8, 4) is 0 Å². The maximum Gasteiger partial charge on any atom is 0.299 e. The summed E-state index contributed by atoms with van der Waals surface area (Å²) in [7, 11) is 0. The summed E-state index contributed by atoms with van der Waals surface area (Å²) in [6.07, 6.45) is 2.80. The van der Waals surface area contributed by atoms with Crippen LogP contribution in [0.4, 0.5) is 17.1 Å². The van der Waals surface area contributed by atoms with E-state index in [1.54, 1.807) is 0 Å². The van der Waals surface area contributed by atoms with Crippen LogP contribution in [0.2, 0.25) is 0 Å². The molecule has 9 heteroatoms. The Morgan fingerprint density at radius 2 is 1.73 bits per heavy atom. The molecule has 0 saturated carbocycles. The van der Waals surface area contributed by atoms with Crippen LogP contribution in [-0.2, 0) is 0 Å². The highest BCUT2D eigenvalue weighted by Gasteiger charge is 2.18. The topological polar surface area (TPSA) is 136 Å². The molecule has 0 aliphatic heterocycles. The highest BCUT2D eigenvalue weighted by Crippen LogP contribution is 2.28. The smallest absolute Gasteiger partial charge is 0.299 e. The van der Waals surface area contributed by atoms with Crippen molar-refractivity contribution in [1.29, 1.82) is 0 Å². The lowest BCUT2D eigenvalue weighted by Crippen LogP contribution is -2.20. The van der Waals surface area contributed by atoms with Crippen molar-refractivity contribution in [3.63, 3.8) is 0 Å². The van der Waals surface area contributed by atoms with Gasteiger partial charge >= 0.3 is 0 Å². The fourth-order valence-electron chi connectivity index (χ4n) is 1.89. The minimum absolute atomic E-state index is 0.287. The molecule has 1 aromatic carbocycles. The summed E-state index contributed by atoms with van der Waals surface area (Å²) in [4.78, 5) is 20.3. The zero-order valence-electron chi connectivity index (χ0n) is 12.3. The van der Waals surface area contributed by atoms with Crippen molar-refractivity contribution in [2.45, 2.75) is 19.3 Å². The van der Waals surface area contributed by atoms with Gasteiger partial charge in [-0.2, -0.15) is 0 Å². The number of hydrogen-bond donors (Lipinski definition) is 3. The predicted octanol–water partition coefficient (Wildman–Crippen LogP) is 1.63. The molecule has 0 atom stereocenters. The first-order valence-electron chi connectivity index (χ1n) is 7.13. The van der Waals surface area contributed by atoms with Gasteiger partial charge in [-0.05, 0) is 45.0 Å². The number of anilines is 1. The quantitative estimate of drug-likeness (QED) is 0.321. The van der Waals surface area contributed by atoms with E-state index in [-0.39, 0.29) is 11.4 Å². The SMILES string of the molecule is NCCCCNCCCNc1ccc([N+](=O)[O-])cc1[N+](=O)[O-]. The monoisotopic (exact) mass is 311 g/mol. The maximum absolute atomic E-state index is 11.0. The molecule has 0 aliphatic carbocycles. The van der Waals surface area contributed by atoms with E-state index in [2.05, 4.69) is 10.6 Å². The molecule has 0 unspecified atom stereocenters. The maximum atomic E-state index is 11.0. The molecule has 0 fully saturated rings. The number of nitrogens with zero attached hydrogens (tertiary/aromatic N) is 2. The number of nitrogens with one attached hydrogen (secondary N) is 2. The van der Waals surface area contributed by atoms with Gasteiger partial charge < -0.3 is 16.4 Å². The molecule has 4 N–H and O–H groups in total. The lowest BCUT2D eigenvalue weighted by Gasteiger charge is -2.08. The molecule has 1 rings (SSSR count). The van der Waals surface area contributed by atoms with Crippen LogP contribution in [0.3, 0.4) is 0 Å². The molecule has 0 amide bonds. The van der Waals surface area contributed by atoms with Crippen LogP contribution in [0, 0.1) is 20.2 Å². The third-order valence-electron chi connectivity index (χ3n) is 3.04. The third-order valence-corrected chi connectivity index (χ3v) is 3.04. The Labute approximate surface area is 128 Å². The molecule has 122 valence electrons. The number of unbranched alkanes of at least 4 members (excludes halogenated alkanes) is 1. The number of nitrogens with two attached hydrogens (primary N) is 1. The van der Waals surface area contributed by atoms with E-state index in [1.807, 2.05) is 0 Å². The van der Waals surface area contributed by atoms with E-state index in [1.165, 1.54) is 12.1 Å². The van der Waals surface area contributed by atoms with Crippen molar-refractivity contribution in [2.75, 3.05) is 31.5 Å². The zero-order valence-corrected chi connectivity index (χ0v) is 12.3. The van der Waals surface area contributed by atoms with Crippen molar-refractivity contribution in [3.05, 3.63) is 38.4 Å². The van der Waals surface area contributed by atoms with Crippen LogP contribution in [0.1, 0.15) is 19.3 Å². The molecular formula is C13H21N5O4. The summed E-state index contributed by atoms with van der Waals surface area (Å²) in [5.74, 6) is 0. The van der Waals surface area contributed by atoms with Gasteiger partial charge in [0.25, 0.3) is 11.4 Å². The van der Waals surface area contributed by atoms with E-state index >= 15 is 0 Å². The number of nitro benzene ring substituents is 2. The highest BCUT2D eigenvalue weighted by atomic mass is 16.6. The Morgan fingerprint density at radius 1 is 1.00 bits per heavy atom. The Hall–Kier alpha value is -2.26. The molecule has 1 aromatic rings. The number of benzene rings is 1. The number of rotatable bonds is 11. The van der Waals surface area contributed by atoms with Crippen LogP contribution in [-0.4, -0.2) is 36.0 Å². The molecule has 0 saturated heterocycles. The Balaban J connectivity index is 2.42. The van der Waals surface area contributed by atoms with Gasteiger partial charge in [-0.25, -0.2) is 0 Å². The molecule has 9 nitrogen and oxygen atoms in total. The Bertz CT molecular complexity index is 509. The summed E-state index contributed by atoms with van der Waals surface area (Å²) >= 11 is 0. The molecule has 22 heavy (non-hydrogen) atoms.